The second-order valence-electron chi connectivity index (χ2n) is 10.4. The average Bonchev–Trinajstić information content (AvgIpc) is 2.89. The Bertz CT molecular complexity index is 1180. The summed E-state index contributed by atoms with van der Waals surface area (Å²) in [6.45, 7) is 3.99. The molecule has 11 nitrogen and oxygen atoms in total. The average molecular weight is 530 g/mol. The van der Waals surface area contributed by atoms with Crippen LogP contribution in [-0.4, -0.2) is 32.5 Å². The Hall–Kier alpha value is -3.47. The van der Waals surface area contributed by atoms with Crippen molar-refractivity contribution in [2.75, 3.05) is 5.01 Å². The van der Waals surface area contributed by atoms with Crippen LogP contribution in [-0.2, 0) is 21.0 Å². The molecule has 0 radical (unpaired) electrons. The lowest BCUT2D eigenvalue weighted by atomic mass is 9.85. The van der Waals surface area contributed by atoms with Crippen molar-refractivity contribution in [2.24, 2.45) is 11.8 Å². The molecule has 1 fully saturated rings. The second-order valence-corrected chi connectivity index (χ2v) is 10.4. The second kappa shape index (κ2) is 14.5. The van der Waals surface area contributed by atoms with Gasteiger partial charge in [0.2, 0.25) is 5.91 Å². The van der Waals surface area contributed by atoms with Crippen LogP contribution in [0.4, 0.5) is 0 Å². The summed E-state index contributed by atoms with van der Waals surface area (Å²) in [5, 5.41) is 0.890. The van der Waals surface area contributed by atoms with Crippen molar-refractivity contribution in [2.45, 2.75) is 90.7 Å². The third kappa shape index (κ3) is 8.54. The van der Waals surface area contributed by atoms with Gasteiger partial charge in [0.1, 0.15) is 6.04 Å². The third-order valence-electron chi connectivity index (χ3n) is 6.90. The van der Waals surface area contributed by atoms with Crippen molar-refractivity contribution in [3.05, 3.63) is 67.3 Å². The van der Waals surface area contributed by atoms with E-state index in [-0.39, 0.29) is 25.4 Å². The van der Waals surface area contributed by atoms with Gasteiger partial charge in [0.15, 0.2) is 0 Å². The molecule has 1 saturated carbocycles. The molecule has 1 aromatic heterocycles. The molecule has 11 heteroatoms. The van der Waals surface area contributed by atoms with Gasteiger partial charge >= 0.3 is 17.1 Å². The zero-order valence-corrected chi connectivity index (χ0v) is 22.2. The fourth-order valence-corrected chi connectivity index (χ4v) is 4.84. The molecule has 1 aromatic carbocycles. The number of carbonyl (C=O) groups is 2. The lowest BCUT2D eigenvalue weighted by molar-refractivity contribution is -0.139. The Morgan fingerprint density at radius 1 is 1.03 bits per heavy atom. The molecule has 208 valence electrons. The summed E-state index contributed by atoms with van der Waals surface area (Å²) in [7, 11) is 0. The number of hydroxylamine groups is 1. The minimum Gasteiger partial charge on any atom is -0.273 e. The highest BCUT2D eigenvalue weighted by molar-refractivity contribution is 5.94. The number of benzene rings is 1. The minimum absolute atomic E-state index is 0.0138. The van der Waals surface area contributed by atoms with E-state index in [1.807, 2.05) is 54.1 Å². The lowest BCUT2D eigenvalue weighted by Gasteiger charge is -2.31. The molecule has 0 aliphatic heterocycles. The Balaban J connectivity index is 1.88. The molecule has 0 spiro atoms. The monoisotopic (exact) mass is 529 g/mol. The molecule has 38 heavy (non-hydrogen) atoms. The van der Waals surface area contributed by atoms with Crippen molar-refractivity contribution in [3.63, 3.8) is 0 Å². The van der Waals surface area contributed by atoms with Crippen LogP contribution >= 0.6 is 0 Å². The van der Waals surface area contributed by atoms with Gasteiger partial charge in [0.05, 0.1) is 6.61 Å². The molecular formula is C27H39N5O6. The van der Waals surface area contributed by atoms with Gasteiger partial charge in [0.25, 0.3) is 5.91 Å². The van der Waals surface area contributed by atoms with E-state index in [0.717, 1.165) is 29.8 Å². The Labute approximate surface area is 221 Å². The number of nitrogens with one attached hydrogen (secondary N) is 3. The molecule has 1 atom stereocenters. The van der Waals surface area contributed by atoms with Crippen LogP contribution in [0.15, 0.2) is 44.7 Å². The largest absolute Gasteiger partial charge is 0.353 e. The predicted molar refractivity (Wildman–Crippen MR) is 143 cm³/mol. The number of aromatic amines is 2. The first kappa shape index (κ1) is 29.1. The molecule has 0 unspecified atom stereocenters. The molecule has 3 rings (SSSR count). The normalized spacial score (nSPS) is 14.8. The van der Waals surface area contributed by atoms with Crippen molar-refractivity contribution < 1.29 is 14.4 Å². The smallest absolute Gasteiger partial charge is 0.273 e. The molecule has 1 aliphatic carbocycles. The van der Waals surface area contributed by atoms with E-state index < -0.39 is 34.9 Å². The van der Waals surface area contributed by atoms with E-state index in [4.69, 9.17) is 4.84 Å². The number of H-pyrrole nitrogens is 2. The maximum atomic E-state index is 13.4. The Morgan fingerprint density at radius 2 is 1.68 bits per heavy atom. The van der Waals surface area contributed by atoms with Crippen LogP contribution in [0.3, 0.4) is 0 Å². The number of rotatable bonds is 13. The van der Waals surface area contributed by atoms with Gasteiger partial charge < -0.3 is 0 Å². The SMILES string of the molecule is CC(C)CCC(=O)N([C@@H](CCCC1CCCCC1)C(=O)NOCc1ccccc1)n1c(=O)[nH]c(=O)[nH]c1=O. The van der Waals surface area contributed by atoms with Gasteiger partial charge in [-0.05, 0) is 30.2 Å². The maximum absolute atomic E-state index is 13.4. The quantitative estimate of drug-likeness (QED) is 0.340. The molecule has 1 aliphatic rings. The molecule has 2 aromatic rings. The van der Waals surface area contributed by atoms with Crippen LogP contribution in [0.25, 0.3) is 0 Å². The van der Waals surface area contributed by atoms with Crippen LogP contribution in [0.5, 0.6) is 0 Å². The van der Waals surface area contributed by atoms with Crippen LogP contribution in [0.2, 0.25) is 0 Å². The zero-order chi connectivity index (χ0) is 27.5. The standard InChI is InChI=1S/C27H39N5O6/c1-19(2)16-17-23(33)31(32-26(36)28-25(35)29-27(32)37)22(15-9-14-20-10-5-3-6-11-20)24(34)30-38-18-21-12-7-4-8-13-21/h4,7-8,12-13,19-20,22H,3,5-6,9-11,14-18H2,1-2H3,(H,30,34)(H2,28,29,35,36,37)/t22-/m0/s1. The van der Waals surface area contributed by atoms with Gasteiger partial charge in [-0.25, -0.2) is 24.9 Å². The van der Waals surface area contributed by atoms with Crippen LogP contribution < -0.4 is 27.6 Å². The highest BCUT2D eigenvalue weighted by atomic mass is 16.7. The number of hydrogen-bond donors (Lipinski definition) is 3. The summed E-state index contributed by atoms with van der Waals surface area (Å²) < 4.78 is 0.520. The Morgan fingerprint density at radius 3 is 2.32 bits per heavy atom. The van der Waals surface area contributed by atoms with Crippen molar-refractivity contribution in [1.29, 1.82) is 0 Å². The molecule has 0 saturated heterocycles. The van der Waals surface area contributed by atoms with E-state index >= 15 is 0 Å². The number of amides is 2. The summed E-state index contributed by atoms with van der Waals surface area (Å²) >= 11 is 0. The van der Waals surface area contributed by atoms with Gasteiger partial charge in [-0.15, -0.1) is 4.68 Å². The van der Waals surface area contributed by atoms with Crippen LogP contribution in [0, 0.1) is 11.8 Å². The lowest BCUT2D eigenvalue weighted by Crippen LogP contribution is -2.63. The van der Waals surface area contributed by atoms with E-state index in [9.17, 15) is 24.0 Å². The van der Waals surface area contributed by atoms with E-state index in [1.165, 1.54) is 19.3 Å². The Kier molecular flexibility index (Phi) is 11.1. The molecule has 3 N–H and O–H groups in total. The van der Waals surface area contributed by atoms with Gasteiger partial charge in [-0.1, -0.05) is 89.1 Å². The highest BCUT2D eigenvalue weighted by Gasteiger charge is 2.34. The molecular weight excluding hydrogens is 490 g/mol. The zero-order valence-electron chi connectivity index (χ0n) is 22.2. The minimum atomic E-state index is -1.20. The maximum Gasteiger partial charge on any atom is 0.353 e. The molecule has 1 heterocycles. The summed E-state index contributed by atoms with van der Waals surface area (Å²) in [5.41, 5.74) is 0.0687. The first-order valence-corrected chi connectivity index (χ1v) is 13.5. The summed E-state index contributed by atoms with van der Waals surface area (Å²) in [6.07, 6.45) is 8.08. The van der Waals surface area contributed by atoms with Crippen molar-refractivity contribution in [1.82, 2.24) is 20.1 Å². The predicted octanol–water partition coefficient (Wildman–Crippen LogP) is 2.49. The fourth-order valence-electron chi connectivity index (χ4n) is 4.84. The number of nitrogens with zero attached hydrogens (tertiary/aromatic N) is 2. The van der Waals surface area contributed by atoms with Crippen molar-refractivity contribution in [3.8, 4) is 0 Å². The molecule has 2 amide bonds. The summed E-state index contributed by atoms with van der Waals surface area (Å²) in [5.74, 6) is -0.496. The summed E-state index contributed by atoms with van der Waals surface area (Å²) in [4.78, 5) is 73.4. The van der Waals surface area contributed by atoms with E-state index in [1.54, 1.807) is 0 Å². The fraction of sp³-hybridized carbons (Fsp3) is 0.593. The summed E-state index contributed by atoms with van der Waals surface area (Å²) in [6, 6.07) is 8.05. The van der Waals surface area contributed by atoms with Crippen molar-refractivity contribution >= 4 is 11.8 Å². The first-order valence-electron chi connectivity index (χ1n) is 13.5. The number of aromatic nitrogens is 3. The van der Waals surface area contributed by atoms with Crippen LogP contribution in [0.1, 0.15) is 83.6 Å². The van der Waals surface area contributed by atoms with Gasteiger partial charge in [0, 0.05) is 6.42 Å². The highest BCUT2D eigenvalue weighted by Crippen LogP contribution is 2.28. The molecule has 0 bridgehead atoms. The van der Waals surface area contributed by atoms with E-state index in [0.29, 0.717) is 23.4 Å². The first-order chi connectivity index (χ1) is 18.3. The van der Waals surface area contributed by atoms with Gasteiger partial charge in [-0.3, -0.25) is 24.4 Å². The van der Waals surface area contributed by atoms with Gasteiger partial charge in [-0.2, -0.15) is 0 Å². The number of carbonyl (C=O) groups excluding carboxylic acids is 2. The number of hydrogen-bond acceptors (Lipinski definition) is 6. The topological polar surface area (TPSA) is 146 Å². The van der Waals surface area contributed by atoms with E-state index in [2.05, 4.69) is 5.48 Å². The third-order valence-corrected chi connectivity index (χ3v) is 6.90.